The average Bonchev–Trinajstić information content (AvgIpc) is 3.19. The number of thiazole rings is 1. The Hall–Kier alpha value is -2.10. The topological polar surface area (TPSA) is 67.1 Å². The Morgan fingerprint density at radius 1 is 1.35 bits per heavy atom. The molecule has 0 atom stereocenters. The molecule has 2 rings (SSSR count). The van der Waals surface area contributed by atoms with E-state index in [4.69, 9.17) is 0 Å². The molecule has 0 aliphatic carbocycles. The highest BCUT2D eigenvalue weighted by Gasteiger charge is 2.33. The number of aliphatic imine (C=N–C) groups is 1. The third-order valence-corrected chi connectivity index (χ3v) is 4.38. The standard InChI is InChI=1S/C16H23F3N6S/c1-11(2)9-25-7-6-21-13(25)8-23-15(20-3)22-5-4-14-24-12(10-26-14)16(17,18)19/h6-7,10-11H,4-5,8-9H2,1-3H3,(H2,20,22,23). The molecular weight excluding hydrogens is 365 g/mol. The largest absolute Gasteiger partial charge is 0.434 e. The lowest BCUT2D eigenvalue weighted by atomic mass is 10.2. The van der Waals surface area contributed by atoms with Crippen LogP contribution in [0.5, 0.6) is 0 Å². The molecule has 0 aromatic carbocycles. The van der Waals surface area contributed by atoms with E-state index in [2.05, 4.69) is 44.0 Å². The van der Waals surface area contributed by atoms with Crippen molar-refractivity contribution < 1.29 is 13.2 Å². The van der Waals surface area contributed by atoms with Gasteiger partial charge in [0.15, 0.2) is 11.7 Å². The second-order valence-electron chi connectivity index (χ2n) is 6.12. The summed E-state index contributed by atoms with van der Waals surface area (Å²) in [7, 11) is 1.64. The molecule has 10 heteroatoms. The lowest BCUT2D eigenvalue weighted by molar-refractivity contribution is -0.140. The summed E-state index contributed by atoms with van der Waals surface area (Å²) in [6.07, 6.45) is -0.300. The van der Waals surface area contributed by atoms with E-state index in [-0.39, 0.29) is 0 Å². The van der Waals surface area contributed by atoms with Gasteiger partial charge in [0.05, 0.1) is 11.6 Å². The Bertz CT molecular complexity index is 720. The molecular formula is C16H23F3N6S. The zero-order valence-electron chi connectivity index (χ0n) is 15.0. The summed E-state index contributed by atoms with van der Waals surface area (Å²) in [5, 5.41) is 7.71. The van der Waals surface area contributed by atoms with Gasteiger partial charge in [-0.25, -0.2) is 9.97 Å². The molecule has 0 saturated heterocycles. The summed E-state index contributed by atoms with van der Waals surface area (Å²) in [5.41, 5.74) is -0.836. The number of alkyl halides is 3. The van der Waals surface area contributed by atoms with Crippen molar-refractivity contribution in [2.75, 3.05) is 13.6 Å². The van der Waals surface area contributed by atoms with Crippen LogP contribution in [0.3, 0.4) is 0 Å². The minimum atomic E-state index is -4.39. The number of aromatic nitrogens is 3. The van der Waals surface area contributed by atoms with E-state index >= 15 is 0 Å². The summed E-state index contributed by atoms with van der Waals surface area (Å²) in [4.78, 5) is 12.1. The minimum absolute atomic E-state index is 0.392. The SMILES string of the molecule is CN=C(NCCc1nc(C(F)(F)F)cs1)NCc1nccn1CC(C)C. The molecule has 2 aromatic rings. The monoisotopic (exact) mass is 388 g/mol. The number of hydrogen-bond acceptors (Lipinski definition) is 4. The molecule has 2 N–H and O–H groups in total. The first-order chi connectivity index (χ1) is 12.3. The van der Waals surface area contributed by atoms with E-state index in [0.717, 1.165) is 29.1 Å². The van der Waals surface area contributed by atoms with Gasteiger partial charge in [0.1, 0.15) is 5.82 Å². The maximum absolute atomic E-state index is 12.5. The van der Waals surface area contributed by atoms with Gasteiger partial charge in [-0.15, -0.1) is 11.3 Å². The molecule has 144 valence electrons. The number of imidazole rings is 1. The van der Waals surface area contributed by atoms with Crippen molar-refractivity contribution in [1.82, 2.24) is 25.2 Å². The van der Waals surface area contributed by atoms with Crippen molar-refractivity contribution >= 4 is 17.3 Å². The van der Waals surface area contributed by atoms with Gasteiger partial charge in [-0.3, -0.25) is 4.99 Å². The molecule has 2 aromatic heterocycles. The summed E-state index contributed by atoms with van der Waals surface area (Å²) in [6.45, 7) is 6.11. The molecule has 0 amide bonds. The number of guanidine groups is 1. The Balaban J connectivity index is 1.80. The number of nitrogens with zero attached hydrogens (tertiary/aromatic N) is 4. The van der Waals surface area contributed by atoms with Gasteiger partial charge in [0, 0.05) is 44.3 Å². The number of nitrogens with one attached hydrogen (secondary N) is 2. The van der Waals surface area contributed by atoms with E-state index in [1.807, 2.05) is 6.20 Å². The highest BCUT2D eigenvalue weighted by atomic mass is 32.1. The smallest absolute Gasteiger partial charge is 0.356 e. The van der Waals surface area contributed by atoms with E-state index in [9.17, 15) is 13.2 Å². The fourth-order valence-corrected chi connectivity index (χ4v) is 3.10. The first-order valence-electron chi connectivity index (χ1n) is 8.25. The molecule has 6 nitrogen and oxygen atoms in total. The van der Waals surface area contributed by atoms with E-state index < -0.39 is 11.9 Å². The molecule has 0 saturated carbocycles. The third kappa shape index (κ3) is 6.01. The summed E-state index contributed by atoms with van der Waals surface area (Å²) >= 11 is 1.01. The van der Waals surface area contributed by atoms with Gasteiger partial charge < -0.3 is 15.2 Å². The molecule has 0 spiro atoms. The van der Waals surface area contributed by atoms with Crippen LogP contribution in [0.2, 0.25) is 0 Å². The zero-order valence-corrected chi connectivity index (χ0v) is 15.8. The molecule has 26 heavy (non-hydrogen) atoms. The number of halogens is 3. The molecule has 2 heterocycles. The molecule has 0 aliphatic heterocycles. The maximum Gasteiger partial charge on any atom is 0.434 e. The van der Waals surface area contributed by atoms with Crippen LogP contribution in [-0.2, 0) is 25.7 Å². The van der Waals surface area contributed by atoms with Gasteiger partial charge in [0.2, 0.25) is 0 Å². The number of rotatable bonds is 7. The van der Waals surface area contributed by atoms with Crippen LogP contribution < -0.4 is 10.6 Å². The molecule has 0 fully saturated rings. The minimum Gasteiger partial charge on any atom is -0.356 e. The Kier molecular flexibility index (Phi) is 7.01. The predicted octanol–water partition coefficient (Wildman–Crippen LogP) is 2.92. The van der Waals surface area contributed by atoms with Crippen molar-refractivity contribution in [3.8, 4) is 0 Å². The zero-order chi connectivity index (χ0) is 19.2. The van der Waals surface area contributed by atoms with Crippen LogP contribution in [0.1, 0.15) is 30.4 Å². The van der Waals surface area contributed by atoms with Gasteiger partial charge >= 0.3 is 6.18 Å². The van der Waals surface area contributed by atoms with Crippen molar-refractivity contribution in [3.63, 3.8) is 0 Å². The van der Waals surface area contributed by atoms with Crippen molar-refractivity contribution in [2.45, 2.75) is 39.5 Å². The Labute approximate surface area is 154 Å². The van der Waals surface area contributed by atoms with Crippen LogP contribution in [-0.4, -0.2) is 34.1 Å². The Morgan fingerprint density at radius 2 is 2.12 bits per heavy atom. The summed E-state index contributed by atoms with van der Waals surface area (Å²) < 4.78 is 39.7. The van der Waals surface area contributed by atoms with E-state index in [1.54, 1.807) is 13.2 Å². The van der Waals surface area contributed by atoms with Gasteiger partial charge in [0.25, 0.3) is 0 Å². The highest BCUT2D eigenvalue weighted by molar-refractivity contribution is 7.09. The van der Waals surface area contributed by atoms with Crippen molar-refractivity contribution in [1.29, 1.82) is 0 Å². The molecule has 0 unspecified atom stereocenters. The molecule has 0 radical (unpaired) electrons. The second-order valence-corrected chi connectivity index (χ2v) is 7.06. The van der Waals surface area contributed by atoms with Gasteiger partial charge in [-0.05, 0) is 5.92 Å². The highest BCUT2D eigenvalue weighted by Crippen LogP contribution is 2.29. The average molecular weight is 388 g/mol. The summed E-state index contributed by atoms with van der Waals surface area (Å²) in [5.74, 6) is 1.98. The van der Waals surface area contributed by atoms with Gasteiger partial charge in [-0.1, -0.05) is 13.8 Å². The Morgan fingerprint density at radius 3 is 2.73 bits per heavy atom. The first-order valence-corrected chi connectivity index (χ1v) is 9.13. The third-order valence-electron chi connectivity index (χ3n) is 3.47. The van der Waals surface area contributed by atoms with Crippen molar-refractivity contribution in [2.24, 2.45) is 10.9 Å². The fourth-order valence-electron chi connectivity index (χ4n) is 2.29. The van der Waals surface area contributed by atoms with E-state index in [1.165, 1.54) is 0 Å². The van der Waals surface area contributed by atoms with E-state index in [0.29, 0.717) is 36.4 Å². The number of hydrogen-bond donors (Lipinski definition) is 2. The van der Waals surface area contributed by atoms with Crippen LogP contribution in [0.15, 0.2) is 22.8 Å². The second kappa shape index (κ2) is 9.02. The first kappa shape index (κ1) is 20.2. The molecule has 0 aliphatic rings. The predicted molar refractivity (Wildman–Crippen MR) is 96.1 cm³/mol. The van der Waals surface area contributed by atoms with Crippen LogP contribution in [0.25, 0.3) is 0 Å². The fraction of sp³-hybridized carbons (Fsp3) is 0.562. The maximum atomic E-state index is 12.5. The van der Waals surface area contributed by atoms with Gasteiger partial charge in [-0.2, -0.15) is 13.2 Å². The van der Waals surface area contributed by atoms with Crippen LogP contribution >= 0.6 is 11.3 Å². The quantitative estimate of drug-likeness (QED) is 0.565. The lowest BCUT2D eigenvalue weighted by Gasteiger charge is -2.13. The van der Waals surface area contributed by atoms with Crippen LogP contribution in [0, 0.1) is 5.92 Å². The lowest BCUT2D eigenvalue weighted by Crippen LogP contribution is -2.38. The molecule has 0 bridgehead atoms. The van der Waals surface area contributed by atoms with Crippen molar-refractivity contribution in [3.05, 3.63) is 34.3 Å². The summed E-state index contributed by atoms with van der Waals surface area (Å²) in [6, 6.07) is 0. The normalized spacial score (nSPS) is 12.7. The van der Waals surface area contributed by atoms with Crippen LogP contribution in [0.4, 0.5) is 13.2 Å².